The fourth-order valence-corrected chi connectivity index (χ4v) is 3.33. The summed E-state index contributed by atoms with van der Waals surface area (Å²) in [5.41, 5.74) is 2.26. The predicted octanol–water partition coefficient (Wildman–Crippen LogP) is 6.53. The van der Waals surface area contributed by atoms with E-state index in [0.717, 1.165) is 11.6 Å². The number of nitriles is 1. The number of nitrogens with one attached hydrogen (secondary N) is 1. The minimum absolute atomic E-state index is 0.0319. The maximum Gasteiger partial charge on any atom is 0.339 e. The van der Waals surface area contributed by atoms with Gasteiger partial charge < -0.3 is 15.2 Å². The number of hydrogen-bond donors (Lipinski definition) is 2. The Bertz CT molecular complexity index is 1370. The first-order valence-electron chi connectivity index (χ1n) is 9.89. The number of carbonyl (C=O) groups is 1. The third-order valence-electron chi connectivity index (χ3n) is 4.85. The zero-order valence-electron chi connectivity index (χ0n) is 18.2. The van der Waals surface area contributed by atoms with Crippen LogP contribution in [0.15, 0.2) is 54.6 Å². The predicted molar refractivity (Wildman–Crippen MR) is 127 cm³/mol. The van der Waals surface area contributed by atoms with E-state index >= 15 is 0 Å². The number of carboxylic acids is 1. The number of nitro groups is 1. The molecule has 0 aliphatic carbocycles. The first-order valence-corrected chi connectivity index (χ1v) is 9.89. The van der Waals surface area contributed by atoms with Crippen molar-refractivity contribution in [3.8, 4) is 17.6 Å². The van der Waals surface area contributed by atoms with Gasteiger partial charge >= 0.3 is 5.97 Å². The Morgan fingerprint density at radius 2 is 1.85 bits per heavy atom. The molecule has 2 N–H and O–H groups in total. The van der Waals surface area contributed by atoms with E-state index < -0.39 is 16.6 Å². The second-order valence-corrected chi connectivity index (χ2v) is 7.26. The van der Waals surface area contributed by atoms with Crippen molar-refractivity contribution in [2.24, 2.45) is 0 Å². The van der Waals surface area contributed by atoms with Gasteiger partial charge in [0.2, 0.25) is 0 Å². The van der Waals surface area contributed by atoms with Crippen LogP contribution < -0.4 is 10.1 Å². The SMILES string of the molecule is [C-]#[N+]c1ccc(Nc2cc(Oc3c(C)cc(/C=C/C#N)cc3C)c(C(=O)O)cc2[N+](=O)[O-])cc1. The third-order valence-corrected chi connectivity index (χ3v) is 4.85. The average Bonchev–Trinajstić information content (AvgIpc) is 2.80. The number of aryl methyl sites for hydroxylation is 2. The molecule has 0 heterocycles. The number of anilines is 2. The van der Waals surface area contributed by atoms with E-state index in [1.165, 1.54) is 12.1 Å². The Morgan fingerprint density at radius 1 is 1.21 bits per heavy atom. The van der Waals surface area contributed by atoms with E-state index in [4.69, 9.17) is 16.6 Å². The van der Waals surface area contributed by atoms with E-state index in [1.807, 2.05) is 6.07 Å². The van der Waals surface area contributed by atoms with Crippen molar-refractivity contribution in [3.05, 3.63) is 98.4 Å². The van der Waals surface area contributed by atoms with Crippen LogP contribution in [0.2, 0.25) is 0 Å². The van der Waals surface area contributed by atoms with Crippen LogP contribution in [0.25, 0.3) is 10.9 Å². The Balaban J connectivity index is 2.09. The van der Waals surface area contributed by atoms with Crippen LogP contribution in [0.5, 0.6) is 11.5 Å². The summed E-state index contributed by atoms with van der Waals surface area (Å²) >= 11 is 0. The molecule has 0 saturated carbocycles. The molecule has 0 atom stereocenters. The monoisotopic (exact) mass is 454 g/mol. The summed E-state index contributed by atoms with van der Waals surface area (Å²) in [6.07, 6.45) is 2.98. The minimum Gasteiger partial charge on any atom is -0.478 e. The van der Waals surface area contributed by atoms with Gasteiger partial charge in [0.25, 0.3) is 5.69 Å². The maximum absolute atomic E-state index is 11.9. The fraction of sp³-hybridized carbons (Fsp3) is 0.0800. The molecular formula is C25H18N4O5. The molecule has 3 aromatic carbocycles. The van der Waals surface area contributed by atoms with Gasteiger partial charge in [0, 0.05) is 23.9 Å². The van der Waals surface area contributed by atoms with Gasteiger partial charge in [-0.3, -0.25) is 10.1 Å². The van der Waals surface area contributed by atoms with Crippen molar-refractivity contribution in [2.45, 2.75) is 13.8 Å². The van der Waals surface area contributed by atoms with Crippen LogP contribution >= 0.6 is 0 Å². The van der Waals surface area contributed by atoms with Gasteiger partial charge in [-0.1, -0.05) is 12.1 Å². The molecule has 3 aromatic rings. The van der Waals surface area contributed by atoms with Gasteiger partial charge in [-0.05, 0) is 60.9 Å². The largest absolute Gasteiger partial charge is 0.478 e. The topological polar surface area (TPSA) is 130 Å². The number of aromatic carboxylic acids is 1. The summed E-state index contributed by atoms with van der Waals surface area (Å²) in [6, 6.07) is 14.0. The molecule has 34 heavy (non-hydrogen) atoms. The van der Waals surface area contributed by atoms with Crippen LogP contribution in [0.3, 0.4) is 0 Å². The molecule has 168 valence electrons. The highest BCUT2D eigenvalue weighted by Crippen LogP contribution is 2.39. The zero-order chi connectivity index (χ0) is 24.8. The highest BCUT2D eigenvalue weighted by molar-refractivity contribution is 5.94. The molecule has 0 unspecified atom stereocenters. The van der Waals surface area contributed by atoms with Crippen molar-refractivity contribution < 1.29 is 19.6 Å². The molecule has 0 amide bonds. The molecule has 9 heteroatoms. The van der Waals surface area contributed by atoms with Crippen LogP contribution in [0.1, 0.15) is 27.0 Å². The smallest absolute Gasteiger partial charge is 0.339 e. The van der Waals surface area contributed by atoms with Crippen molar-refractivity contribution in [3.63, 3.8) is 0 Å². The second-order valence-electron chi connectivity index (χ2n) is 7.26. The van der Waals surface area contributed by atoms with Crippen molar-refractivity contribution in [2.75, 3.05) is 5.32 Å². The van der Waals surface area contributed by atoms with Crippen LogP contribution in [-0.2, 0) is 0 Å². The molecule has 0 aromatic heterocycles. The first-order chi connectivity index (χ1) is 16.2. The maximum atomic E-state index is 11.9. The minimum atomic E-state index is -1.38. The molecular weight excluding hydrogens is 436 g/mol. The number of allylic oxidation sites excluding steroid dienone is 1. The zero-order valence-corrected chi connectivity index (χ0v) is 18.2. The molecule has 0 spiro atoms. The summed E-state index contributed by atoms with van der Waals surface area (Å²) < 4.78 is 5.97. The van der Waals surface area contributed by atoms with Gasteiger partial charge in [-0.15, -0.1) is 0 Å². The number of ether oxygens (including phenoxy) is 1. The summed E-state index contributed by atoms with van der Waals surface area (Å²) in [7, 11) is 0. The van der Waals surface area contributed by atoms with Crippen molar-refractivity contribution >= 4 is 34.8 Å². The molecule has 3 rings (SSSR count). The molecule has 0 bridgehead atoms. The lowest BCUT2D eigenvalue weighted by Gasteiger charge is -2.16. The normalized spacial score (nSPS) is 10.4. The quantitative estimate of drug-likeness (QED) is 0.179. The Morgan fingerprint density at radius 3 is 2.38 bits per heavy atom. The van der Waals surface area contributed by atoms with Gasteiger partial charge in [0.15, 0.2) is 5.69 Å². The number of nitro benzene ring substituents is 1. The number of rotatable bonds is 7. The number of carboxylic acid groups (broad SMARTS) is 1. The number of benzene rings is 3. The number of nitrogens with zero attached hydrogens (tertiary/aromatic N) is 3. The summed E-state index contributed by atoms with van der Waals surface area (Å²) in [6.45, 7) is 10.6. The van der Waals surface area contributed by atoms with E-state index in [0.29, 0.717) is 28.3 Å². The van der Waals surface area contributed by atoms with Gasteiger partial charge in [-0.25, -0.2) is 9.64 Å². The van der Waals surface area contributed by atoms with Crippen LogP contribution in [-0.4, -0.2) is 16.0 Å². The second kappa shape index (κ2) is 9.98. The standard InChI is InChI=1S/C25H18N4O5/c1-15-11-17(5-4-10-26)12-16(2)24(15)34-23-14-21(22(29(32)33)13-20(23)25(30)31)28-19-8-6-18(27-3)7-9-19/h4-9,11-14,28H,1-2H3,(H,30,31)/b5-4+. The van der Waals surface area contributed by atoms with Crippen molar-refractivity contribution in [1.82, 2.24) is 0 Å². The van der Waals surface area contributed by atoms with Crippen LogP contribution in [0, 0.1) is 41.9 Å². The first kappa shape index (κ1) is 23.5. The fourth-order valence-electron chi connectivity index (χ4n) is 3.33. The highest BCUT2D eigenvalue weighted by Gasteiger charge is 2.24. The number of hydrogen-bond acceptors (Lipinski definition) is 6. The molecule has 9 nitrogen and oxygen atoms in total. The molecule has 0 aliphatic rings. The Kier molecular flexibility index (Phi) is 6.90. The molecule has 0 saturated heterocycles. The molecule has 0 radical (unpaired) electrons. The lowest BCUT2D eigenvalue weighted by molar-refractivity contribution is -0.384. The van der Waals surface area contributed by atoms with E-state index in [-0.39, 0.29) is 17.0 Å². The third kappa shape index (κ3) is 5.18. The Hall–Kier alpha value is -5.15. The molecule has 0 fully saturated rings. The van der Waals surface area contributed by atoms with E-state index in [9.17, 15) is 20.0 Å². The molecule has 0 aliphatic heterocycles. The summed E-state index contributed by atoms with van der Waals surface area (Å²) in [5, 5.41) is 33.0. The lowest BCUT2D eigenvalue weighted by atomic mass is 10.0. The van der Waals surface area contributed by atoms with Gasteiger partial charge in [0.1, 0.15) is 22.7 Å². The lowest BCUT2D eigenvalue weighted by Crippen LogP contribution is -2.05. The highest BCUT2D eigenvalue weighted by atomic mass is 16.6. The average molecular weight is 454 g/mol. The van der Waals surface area contributed by atoms with Gasteiger partial charge in [-0.2, -0.15) is 5.26 Å². The van der Waals surface area contributed by atoms with Crippen molar-refractivity contribution in [1.29, 1.82) is 5.26 Å². The van der Waals surface area contributed by atoms with Gasteiger partial charge in [0.05, 0.1) is 17.6 Å². The van der Waals surface area contributed by atoms with E-state index in [2.05, 4.69) is 10.2 Å². The van der Waals surface area contributed by atoms with E-state index in [1.54, 1.807) is 56.3 Å². The summed E-state index contributed by atoms with van der Waals surface area (Å²) in [4.78, 5) is 26.2. The Labute approximate surface area is 195 Å². The summed E-state index contributed by atoms with van der Waals surface area (Å²) in [5.74, 6) is -1.06. The van der Waals surface area contributed by atoms with Crippen LogP contribution in [0.4, 0.5) is 22.7 Å².